The Morgan fingerprint density at radius 2 is 1.79 bits per heavy atom. The number of fused-ring (bicyclic) bond motifs is 1. The first kappa shape index (κ1) is 13.1. The molecule has 0 atom stereocenters. The molecule has 0 saturated carbocycles. The van der Waals surface area contributed by atoms with E-state index in [1.54, 1.807) is 32.0 Å². The second-order valence-electron chi connectivity index (χ2n) is 3.84. The molecule has 0 radical (unpaired) electrons. The van der Waals surface area contributed by atoms with Crippen LogP contribution in [0.3, 0.4) is 0 Å². The van der Waals surface area contributed by atoms with Crippen molar-refractivity contribution >= 4 is 23.0 Å². The third-order valence-electron chi connectivity index (χ3n) is 2.65. The van der Waals surface area contributed by atoms with Crippen molar-refractivity contribution in [2.45, 2.75) is 13.8 Å². The number of aromatic nitrogens is 1. The Morgan fingerprint density at radius 1 is 1.11 bits per heavy atom. The summed E-state index contributed by atoms with van der Waals surface area (Å²) in [6.45, 7) is 3.93. The first-order valence-corrected chi connectivity index (χ1v) is 6.13. The lowest BCUT2D eigenvalue weighted by Gasteiger charge is -2.08. The summed E-state index contributed by atoms with van der Waals surface area (Å²) in [5, 5.41) is 0.790. The minimum Gasteiger partial charge on any atom is -0.461 e. The number of ether oxygens (including phenoxy) is 2. The smallest absolute Gasteiger partial charge is 0.419 e. The molecule has 2 aromatic rings. The SMILES string of the molecule is CCOC(=O)c1cc2ccccc2n1C(=O)OCC. The Morgan fingerprint density at radius 3 is 2.47 bits per heavy atom. The molecule has 1 aromatic carbocycles. The number of esters is 1. The summed E-state index contributed by atoms with van der Waals surface area (Å²) < 4.78 is 11.2. The third-order valence-corrected chi connectivity index (χ3v) is 2.65. The molecule has 1 heterocycles. The summed E-state index contributed by atoms with van der Waals surface area (Å²) in [7, 11) is 0. The zero-order valence-electron chi connectivity index (χ0n) is 10.9. The predicted molar refractivity (Wildman–Crippen MR) is 70.3 cm³/mol. The molecule has 5 nitrogen and oxygen atoms in total. The monoisotopic (exact) mass is 261 g/mol. The van der Waals surface area contributed by atoms with Gasteiger partial charge in [-0.3, -0.25) is 0 Å². The van der Waals surface area contributed by atoms with Crippen LogP contribution in [0.5, 0.6) is 0 Å². The summed E-state index contributed by atoms with van der Waals surface area (Å²) in [4.78, 5) is 23.9. The lowest BCUT2D eigenvalue weighted by Crippen LogP contribution is -2.20. The molecule has 0 aliphatic heterocycles. The van der Waals surface area contributed by atoms with Gasteiger partial charge in [-0.05, 0) is 26.0 Å². The van der Waals surface area contributed by atoms with Gasteiger partial charge in [0.15, 0.2) is 0 Å². The fourth-order valence-corrected chi connectivity index (χ4v) is 1.89. The van der Waals surface area contributed by atoms with Crippen molar-refractivity contribution in [1.29, 1.82) is 0 Å². The summed E-state index contributed by atoms with van der Waals surface area (Å²) in [6.07, 6.45) is -0.577. The molecule has 19 heavy (non-hydrogen) atoms. The highest BCUT2D eigenvalue weighted by Crippen LogP contribution is 2.21. The molecule has 1 aromatic heterocycles. The van der Waals surface area contributed by atoms with E-state index in [0.29, 0.717) is 5.52 Å². The minimum atomic E-state index is -0.577. The first-order valence-electron chi connectivity index (χ1n) is 6.13. The molecular weight excluding hydrogens is 246 g/mol. The topological polar surface area (TPSA) is 57.5 Å². The van der Waals surface area contributed by atoms with Crippen molar-refractivity contribution in [3.63, 3.8) is 0 Å². The molecule has 0 saturated heterocycles. The molecule has 2 rings (SSSR count). The number of hydrogen-bond donors (Lipinski definition) is 0. The first-order chi connectivity index (χ1) is 9.19. The highest BCUT2D eigenvalue weighted by Gasteiger charge is 2.21. The number of para-hydroxylation sites is 1. The van der Waals surface area contributed by atoms with Gasteiger partial charge in [-0.1, -0.05) is 18.2 Å². The number of hydrogen-bond acceptors (Lipinski definition) is 4. The van der Waals surface area contributed by atoms with Crippen LogP contribution in [0.4, 0.5) is 4.79 Å². The normalized spacial score (nSPS) is 10.4. The van der Waals surface area contributed by atoms with Gasteiger partial charge >= 0.3 is 12.1 Å². The van der Waals surface area contributed by atoms with E-state index in [0.717, 1.165) is 5.39 Å². The Bertz CT molecular complexity index is 615. The molecule has 100 valence electrons. The molecule has 0 aliphatic rings. The van der Waals surface area contributed by atoms with E-state index in [9.17, 15) is 9.59 Å². The van der Waals surface area contributed by atoms with Gasteiger partial charge in [0.1, 0.15) is 5.69 Å². The number of nitrogens with zero attached hydrogens (tertiary/aromatic N) is 1. The average Bonchev–Trinajstić information content (AvgIpc) is 2.78. The fraction of sp³-hybridized carbons (Fsp3) is 0.286. The van der Waals surface area contributed by atoms with Gasteiger partial charge in [0.05, 0.1) is 18.7 Å². The van der Waals surface area contributed by atoms with E-state index < -0.39 is 12.1 Å². The zero-order valence-corrected chi connectivity index (χ0v) is 10.9. The van der Waals surface area contributed by atoms with E-state index in [4.69, 9.17) is 9.47 Å². The molecule has 0 spiro atoms. The van der Waals surface area contributed by atoms with Crippen LogP contribution >= 0.6 is 0 Å². The molecule has 0 N–H and O–H groups in total. The number of benzene rings is 1. The molecule has 0 aliphatic carbocycles. The van der Waals surface area contributed by atoms with Crippen LogP contribution < -0.4 is 0 Å². The van der Waals surface area contributed by atoms with Crippen molar-refractivity contribution in [2.24, 2.45) is 0 Å². The van der Waals surface area contributed by atoms with Crippen molar-refractivity contribution in [2.75, 3.05) is 13.2 Å². The molecule has 5 heteroatoms. The maximum atomic E-state index is 12.0. The number of carbonyl (C=O) groups is 2. The second kappa shape index (κ2) is 5.56. The molecule has 0 fully saturated rings. The fourth-order valence-electron chi connectivity index (χ4n) is 1.89. The van der Waals surface area contributed by atoms with E-state index in [2.05, 4.69) is 0 Å². The Balaban J connectivity index is 2.58. The van der Waals surface area contributed by atoms with Crippen LogP contribution in [0.2, 0.25) is 0 Å². The number of rotatable bonds is 3. The van der Waals surface area contributed by atoms with E-state index in [-0.39, 0.29) is 18.9 Å². The lowest BCUT2D eigenvalue weighted by molar-refractivity contribution is 0.0512. The Kier molecular flexibility index (Phi) is 3.85. The van der Waals surface area contributed by atoms with E-state index in [1.165, 1.54) is 4.57 Å². The van der Waals surface area contributed by atoms with Gasteiger partial charge < -0.3 is 9.47 Å². The standard InChI is InChI=1S/C14H15NO4/c1-3-18-13(16)12-9-10-7-5-6-8-11(10)15(12)14(17)19-4-2/h5-9H,3-4H2,1-2H3. The highest BCUT2D eigenvalue weighted by molar-refractivity contribution is 6.01. The van der Waals surface area contributed by atoms with Crippen molar-refractivity contribution < 1.29 is 19.1 Å². The van der Waals surface area contributed by atoms with Crippen LogP contribution in [-0.4, -0.2) is 29.8 Å². The average molecular weight is 261 g/mol. The van der Waals surface area contributed by atoms with Crippen LogP contribution in [-0.2, 0) is 9.47 Å². The van der Waals surface area contributed by atoms with Crippen LogP contribution in [0.1, 0.15) is 24.3 Å². The van der Waals surface area contributed by atoms with E-state index in [1.807, 2.05) is 12.1 Å². The van der Waals surface area contributed by atoms with Gasteiger partial charge in [0.25, 0.3) is 0 Å². The lowest BCUT2D eigenvalue weighted by atomic mass is 10.2. The summed E-state index contributed by atoms with van der Waals surface area (Å²) in [5.74, 6) is -0.535. The summed E-state index contributed by atoms with van der Waals surface area (Å²) >= 11 is 0. The van der Waals surface area contributed by atoms with Crippen molar-refractivity contribution in [1.82, 2.24) is 4.57 Å². The van der Waals surface area contributed by atoms with Gasteiger partial charge in [-0.15, -0.1) is 0 Å². The molecule has 0 bridgehead atoms. The van der Waals surface area contributed by atoms with Crippen molar-refractivity contribution in [3.8, 4) is 0 Å². The largest absolute Gasteiger partial charge is 0.461 e. The summed E-state index contributed by atoms with van der Waals surface area (Å²) in [5.41, 5.74) is 0.811. The second-order valence-corrected chi connectivity index (χ2v) is 3.84. The molecule has 0 unspecified atom stereocenters. The van der Waals surface area contributed by atoms with E-state index >= 15 is 0 Å². The van der Waals surface area contributed by atoms with Crippen LogP contribution in [0.25, 0.3) is 10.9 Å². The number of carbonyl (C=O) groups excluding carboxylic acids is 2. The van der Waals surface area contributed by atoms with Crippen molar-refractivity contribution in [3.05, 3.63) is 36.0 Å². The quantitative estimate of drug-likeness (QED) is 0.797. The van der Waals surface area contributed by atoms with Gasteiger partial charge in [0, 0.05) is 5.39 Å². The molecular formula is C14H15NO4. The predicted octanol–water partition coefficient (Wildman–Crippen LogP) is 2.82. The van der Waals surface area contributed by atoms with Crippen LogP contribution in [0.15, 0.2) is 30.3 Å². The Labute approximate surface area is 110 Å². The van der Waals surface area contributed by atoms with Gasteiger partial charge in [0.2, 0.25) is 0 Å². The van der Waals surface area contributed by atoms with Gasteiger partial charge in [-0.25, -0.2) is 14.2 Å². The molecule has 0 amide bonds. The summed E-state index contributed by atoms with van der Waals surface area (Å²) in [6, 6.07) is 8.85. The maximum Gasteiger partial charge on any atom is 0.419 e. The van der Waals surface area contributed by atoms with Crippen LogP contribution in [0, 0.1) is 0 Å². The highest BCUT2D eigenvalue weighted by atomic mass is 16.6. The maximum absolute atomic E-state index is 12.0. The Hall–Kier alpha value is -2.30. The zero-order chi connectivity index (χ0) is 13.8. The van der Waals surface area contributed by atoms with Gasteiger partial charge in [-0.2, -0.15) is 0 Å². The third kappa shape index (κ3) is 2.45. The minimum absolute atomic E-state index is 0.182.